The molecule has 6 heteroatoms. The van der Waals surface area contributed by atoms with E-state index in [1.807, 2.05) is 11.0 Å². The van der Waals surface area contributed by atoms with Crippen LogP contribution >= 0.6 is 11.3 Å². The Bertz CT molecular complexity index is 759. The number of aryl methyl sites for hydroxylation is 1. The van der Waals surface area contributed by atoms with Gasteiger partial charge in [-0.3, -0.25) is 0 Å². The fourth-order valence-corrected chi connectivity index (χ4v) is 4.40. The molecule has 5 nitrogen and oxygen atoms in total. The number of urea groups is 1. The Labute approximate surface area is 158 Å². The van der Waals surface area contributed by atoms with Gasteiger partial charge >= 0.3 is 6.03 Å². The first-order valence-electron chi connectivity index (χ1n) is 8.98. The number of nitrogens with zero attached hydrogens (tertiary/aromatic N) is 1. The van der Waals surface area contributed by atoms with Gasteiger partial charge in [0.2, 0.25) is 0 Å². The smallest absolute Gasteiger partial charge is 0.322 e. The second kappa shape index (κ2) is 8.45. The average molecular weight is 375 g/mol. The third-order valence-electron chi connectivity index (χ3n) is 4.75. The monoisotopic (exact) mass is 374 g/mol. The predicted molar refractivity (Wildman–Crippen MR) is 106 cm³/mol. The van der Waals surface area contributed by atoms with Crippen molar-refractivity contribution in [2.75, 3.05) is 26.1 Å². The highest BCUT2D eigenvalue weighted by molar-refractivity contribution is 7.12. The van der Waals surface area contributed by atoms with Crippen LogP contribution in [-0.2, 0) is 0 Å². The van der Waals surface area contributed by atoms with Crippen LogP contribution in [0.3, 0.4) is 0 Å². The zero-order valence-electron chi connectivity index (χ0n) is 15.6. The van der Waals surface area contributed by atoms with Crippen molar-refractivity contribution in [2.45, 2.75) is 38.6 Å². The highest BCUT2D eigenvalue weighted by Gasteiger charge is 2.28. The molecule has 26 heavy (non-hydrogen) atoms. The van der Waals surface area contributed by atoms with Gasteiger partial charge in [0.25, 0.3) is 0 Å². The van der Waals surface area contributed by atoms with Crippen LogP contribution in [0.25, 0.3) is 0 Å². The van der Waals surface area contributed by atoms with Gasteiger partial charge in [-0.2, -0.15) is 0 Å². The number of likely N-dealkylation sites (tertiary alicyclic amines) is 1. The van der Waals surface area contributed by atoms with Crippen molar-refractivity contribution in [1.29, 1.82) is 0 Å². The van der Waals surface area contributed by atoms with Gasteiger partial charge in [0.1, 0.15) is 11.5 Å². The Morgan fingerprint density at radius 2 is 2.00 bits per heavy atom. The summed E-state index contributed by atoms with van der Waals surface area (Å²) < 4.78 is 10.7. The minimum Gasteiger partial charge on any atom is -0.497 e. The zero-order valence-corrected chi connectivity index (χ0v) is 16.4. The molecule has 1 aliphatic heterocycles. The van der Waals surface area contributed by atoms with Crippen LogP contribution in [-0.4, -0.2) is 31.7 Å². The number of benzene rings is 1. The summed E-state index contributed by atoms with van der Waals surface area (Å²) in [6.07, 6.45) is 4.34. The molecule has 2 amide bonds. The number of carbonyl (C=O) groups is 1. The molecule has 0 bridgehead atoms. The van der Waals surface area contributed by atoms with Gasteiger partial charge in [-0.05, 0) is 44.0 Å². The molecule has 1 fully saturated rings. The molecule has 2 heterocycles. The number of rotatable bonds is 4. The number of amides is 2. The fourth-order valence-electron chi connectivity index (χ4n) is 3.38. The van der Waals surface area contributed by atoms with Crippen LogP contribution in [0.4, 0.5) is 10.5 Å². The summed E-state index contributed by atoms with van der Waals surface area (Å²) >= 11 is 1.78. The number of nitrogens with one attached hydrogen (secondary N) is 1. The van der Waals surface area contributed by atoms with Crippen LogP contribution in [0.2, 0.25) is 0 Å². The van der Waals surface area contributed by atoms with Gasteiger partial charge in [0, 0.05) is 22.4 Å². The SMILES string of the molecule is COc1ccc(OC)c(NC(=O)N2CCCCC[C@H]2c2ccc(C)s2)c1. The van der Waals surface area contributed by atoms with Crippen molar-refractivity contribution < 1.29 is 14.3 Å². The molecule has 0 radical (unpaired) electrons. The van der Waals surface area contributed by atoms with E-state index in [9.17, 15) is 4.79 Å². The van der Waals surface area contributed by atoms with Crippen LogP contribution in [0.15, 0.2) is 30.3 Å². The molecule has 1 aliphatic rings. The van der Waals surface area contributed by atoms with Crippen molar-refractivity contribution in [3.05, 3.63) is 40.1 Å². The van der Waals surface area contributed by atoms with Gasteiger partial charge in [-0.15, -0.1) is 11.3 Å². The molecule has 2 aromatic rings. The number of methoxy groups -OCH3 is 2. The van der Waals surface area contributed by atoms with Gasteiger partial charge < -0.3 is 19.7 Å². The number of carbonyl (C=O) groups excluding carboxylic acids is 1. The third kappa shape index (κ3) is 4.12. The van der Waals surface area contributed by atoms with E-state index in [1.54, 1.807) is 37.7 Å². The van der Waals surface area contributed by atoms with Crippen molar-refractivity contribution in [1.82, 2.24) is 4.90 Å². The van der Waals surface area contributed by atoms with Crippen molar-refractivity contribution in [3.63, 3.8) is 0 Å². The molecule has 0 spiro atoms. The lowest BCUT2D eigenvalue weighted by molar-refractivity contribution is 0.190. The molecule has 0 saturated carbocycles. The van der Waals surface area contributed by atoms with Crippen LogP contribution in [0, 0.1) is 6.92 Å². The van der Waals surface area contributed by atoms with E-state index >= 15 is 0 Å². The predicted octanol–water partition coefficient (Wildman–Crippen LogP) is 5.22. The van der Waals surface area contributed by atoms with E-state index in [0.29, 0.717) is 17.2 Å². The van der Waals surface area contributed by atoms with Gasteiger partial charge in [0.15, 0.2) is 0 Å². The summed E-state index contributed by atoms with van der Waals surface area (Å²) in [6, 6.07) is 9.74. The second-order valence-corrected chi connectivity index (χ2v) is 7.82. The summed E-state index contributed by atoms with van der Waals surface area (Å²) in [5, 5.41) is 3.03. The summed E-state index contributed by atoms with van der Waals surface area (Å²) in [5.41, 5.74) is 0.627. The Hall–Kier alpha value is -2.21. The zero-order chi connectivity index (χ0) is 18.5. The fraction of sp³-hybridized carbons (Fsp3) is 0.450. The third-order valence-corrected chi connectivity index (χ3v) is 5.85. The van der Waals surface area contributed by atoms with Crippen LogP contribution < -0.4 is 14.8 Å². The molecule has 3 rings (SSSR count). The molecule has 1 aromatic heterocycles. The quantitative estimate of drug-likeness (QED) is 0.798. The average Bonchev–Trinajstić information content (AvgIpc) is 2.93. The van der Waals surface area contributed by atoms with Gasteiger partial charge in [-0.1, -0.05) is 12.8 Å². The van der Waals surface area contributed by atoms with Gasteiger partial charge in [-0.25, -0.2) is 4.79 Å². The molecule has 1 aromatic carbocycles. The number of hydrogen-bond acceptors (Lipinski definition) is 4. The summed E-state index contributed by atoms with van der Waals surface area (Å²) in [7, 11) is 3.21. The molecule has 0 unspecified atom stereocenters. The first-order valence-corrected chi connectivity index (χ1v) is 9.80. The Morgan fingerprint density at radius 3 is 2.69 bits per heavy atom. The van der Waals surface area contributed by atoms with Crippen LogP contribution in [0.1, 0.15) is 41.5 Å². The molecule has 1 N–H and O–H groups in total. The van der Waals surface area contributed by atoms with E-state index in [1.165, 1.54) is 9.75 Å². The Balaban J connectivity index is 1.84. The maximum atomic E-state index is 13.1. The molecule has 140 valence electrons. The van der Waals surface area contributed by atoms with E-state index in [4.69, 9.17) is 9.47 Å². The number of hydrogen-bond donors (Lipinski definition) is 1. The Kier molecular flexibility index (Phi) is 6.04. The lowest BCUT2D eigenvalue weighted by atomic mass is 10.1. The standard InChI is InChI=1S/C20H26N2O3S/c1-14-8-11-19(26-14)17-7-5-4-6-12-22(17)20(23)21-16-13-15(24-2)9-10-18(16)25-3/h8-11,13,17H,4-7,12H2,1-3H3,(H,21,23)/t17-/m0/s1. The van der Waals surface area contributed by atoms with Crippen molar-refractivity contribution >= 4 is 23.1 Å². The minimum absolute atomic E-state index is 0.0884. The van der Waals surface area contributed by atoms with Crippen molar-refractivity contribution in [2.24, 2.45) is 0 Å². The molecule has 1 saturated heterocycles. The topological polar surface area (TPSA) is 50.8 Å². The number of thiophene rings is 1. The first kappa shape index (κ1) is 18.6. The molecule has 0 aliphatic carbocycles. The molecular weight excluding hydrogens is 348 g/mol. The number of anilines is 1. The van der Waals surface area contributed by atoms with Crippen LogP contribution in [0.5, 0.6) is 11.5 Å². The van der Waals surface area contributed by atoms with Crippen molar-refractivity contribution in [3.8, 4) is 11.5 Å². The first-order chi connectivity index (χ1) is 12.6. The second-order valence-electron chi connectivity index (χ2n) is 6.50. The van der Waals surface area contributed by atoms with E-state index in [-0.39, 0.29) is 12.1 Å². The highest BCUT2D eigenvalue weighted by Crippen LogP contribution is 2.35. The maximum absolute atomic E-state index is 13.1. The summed E-state index contributed by atoms with van der Waals surface area (Å²) in [5.74, 6) is 1.31. The molecule has 1 atom stereocenters. The number of ether oxygens (including phenoxy) is 2. The minimum atomic E-state index is -0.0884. The normalized spacial score (nSPS) is 17.5. The van der Waals surface area contributed by atoms with Gasteiger partial charge in [0.05, 0.1) is 25.9 Å². The lowest BCUT2D eigenvalue weighted by Crippen LogP contribution is -2.37. The molecular formula is C20H26N2O3S. The Morgan fingerprint density at radius 1 is 1.15 bits per heavy atom. The summed E-state index contributed by atoms with van der Waals surface area (Å²) in [6.45, 7) is 2.87. The maximum Gasteiger partial charge on any atom is 0.322 e. The largest absolute Gasteiger partial charge is 0.497 e. The van der Waals surface area contributed by atoms with E-state index < -0.39 is 0 Å². The lowest BCUT2D eigenvalue weighted by Gasteiger charge is -2.30. The van der Waals surface area contributed by atoms with E-state index in [2.05, 4.69) is 24.4 Å². The summed E-state index contributed by atoms with van der Waals surface area (Å²) in [4.78, 5) is 17.6. The highest BCUT2D eigenvalue weighted by atomic mass is 32.1. The van der Waals surface area contributed by atoms with E-state index in [0.717, 1.165) is 32.2 Å².